The van der Waals surface area contributed by atoms with Crippen molar-refractivity contribution in [2.75, 3.05) is 25.0 Å². The summed E-state index contributed by atoms with van der Waals surface area (Å²) in [4.78, 5) is 19.2. The number of carboxylic acids is 1. The molecule has 7 nitrogen and oxygen atoms in total. The van der Waals surface area contributed by atoms with Gasteiger partial charge in [0.15, 0.2) is 0 Å². The van der Waals surface area contributed by atoms with Gasteiger partial charge >= 0.3 is 5.97 Å². The van der Waals surface area contributed by atoms with E-state index in [0.29, 0.717) is 31.9 Å². The van der Waals surface area contributed by atoms with Crippen LogP contribution in [0.4, 0.5) is 10.2 Å². The predicted molar refractivity (Wildman–Crippen MR) is 91.4 cm³/mol. The number of hydrogen-bond donors (Lipinski definition) is 1. The van der Waals surface area contributed by atoms with Crippen LogP contribution in [-0.4, -0.2) is 63.1 Å². The molecule has 2 aromatic rings. The maximum absolute atomic E-state index is 14.0. The fourth-order valence-corrected chi connectivity index (χ4v) is 3.24. The average molecular weight is 347 g/mol. The molecule has 1 saturated heterocycles. The quantitative estimate of drug-likeness (QED) is 0.855. The van der Waals surface area contributed by atoms with Gasteiger partial charge < -0.3 is 10.0 Å². The Labute approximate surface area is 145 Å². The van der Waals surface area contributed by atoms with Crippen molar-refractivity contribution in [3.63, 3.8) is 0 Å². The largest absolute Gasteiger partial charge is 0.478 e. The Kier molecular flexibility index (Phi) is 4.98. The maximum atomic E-state index is 14.0. The van der Waals surface area contributed by atoms with Crippen LogP contribution in [0.2, 0.25) is 0 Å². The lowest BCUT2D eigenvalue weighted by molar-refractivity contribution is 0.0696. The van der Waals surface area contributed by atoms with Gasteiger partial charge in [-0.05, 0) is 18.6 Å². The molecule has 0 unspecified atom stereocenters. The van der Waals surface area contributed by atoms with Gasteiger partial charge in [-0.15, -0.1) is 0 Å². The molecular formula is C17H22FN5O2. The van der Waals surface area contributed by atoms with Gasteiger partial charge in [-0.3, -0.25) is 9.58 Å². The van der Waals surface area contributed by atoms with Crippen LogP contribution in [0, 0.1) is 0 Å². The first kappa shape index (κ1) is 17.3. The fraction of sp³-hybridized carbons (Fsp3) is 0.471. The molecule has 2 atom stereocenters. The predicted octanol–water partition coefficient (Wildman–Crippen LogP) is 1.56. The number of carbonyl (C=O) groups is 1. The molecule has 25 heavy (non-hydrogen) atoms. The van der Waals surface area contributed by atoms with E-state index in [0.717, 1.165) is 5.56 Å². The molecule has 1 aliphatic rings. The van der Waals surface area contributed by atoms with Crippen LogP contribution in [0.25, 0.3) is 0 Å². The third kappa shape index (κ3) is 4.14. The monoisotopic (exact) mass is 347 g/mol. The zero-order valence-electron chi connectivity index (χ0n) is 14.3. The van der Waals surface area contributed by atoms with Crippen molar-refractivity contribution in [1.82, 2.24) is 19.7 Å². The Hall–Kier alpha value is -2.48. The molecule has 0 spiro atoms. The number of aryl methyl sites for hydroxylation is 1. The van der Waals surface area contributed by atoms with E-state index in [1.165, 1.54) is 12.3 Å². The van der Waals surface area contributed by atoms with Crippen LogP contribution in [0.5, 0.6) is 0 Å². The van der Waals surface area contributed by atoms with E-state index in [1.54, 1.807) is 16.9 Å². The minimum Gasteiger partial charge on any atom is -0.478 e. The Bertz CT molecular complexity index is 733. The van der Waals surface area contributed by atoms with Crippen molar-refractivity contribution in [3.8, 4) is 0 Å². The summed E-state index contributed by atoms with van der Waals surface area (Å²) in [5.41, 5.74) is 1.22. The Balaban J connectivity index is 1.65. The molecule has 0 amide bonds. The molecular weight excluding hydrogens is 325 g/mol. The number of likely N-dealkylation sites (N-methyl/N-ethyl adjacent to an activating group) is 1. The molecule has 3 heterocycles. The van der Waals surface area contributed by atoms with Crippen LogP contribution in [-0.2, 0) is 13.6 Å². The second kappa shape index (κ2) is 7.18. The SMILES string of the molecule is CN(C[C@@H]1C[C@H](F)CN1Cc1cnn(C)c1)c1ccc(C(=O)O)cn1. The third-order valence-corrected chi connectivity index (χ3v) is 4.49. The molecule has 134 valence electrons. The van der Waals surface area contributed by atoms with Crippen LogP contribution >= 0.6 is 0 Å². The highest BCUT2D eigenvalue weighted by atomic mass is 19.1. The number of hydrogen-bond acceptors (Lipinski definition) is 5. The molecule has 3 rings (SSSR count). The Morgan fingerprint density at radius 2 is 2.24 bits per heavy atom. The molecule has 0 aliphatic carbocycles. The number of halogens is 1. The van der Waals surface area contributed by atoms with E-state index < -0.39 is 12.1 Å². The zero-order valence-corrected chi connectivity index (χ0v) is 14.3. The number of likely N-dealkylation sites (tertiary alicyclic amines) is 1. The van der Waals surface area contributed by atoms with Crippen molar-refractivity contribution in [1.29, 1.82) is 0 Å². The molecule has 0 radical (unpaired) electrons. The van der Waals surface area contributed by atoms with Gasteiger partial charge in [-0.25, -0.2) is 14.2 Å². The summed E-state index contributed by atoms with van der Waals surface area (Å²) >= 11 is 0. The standard InChI is InChI=1S/C17H22FN5O2/c1-21(16-4-3-13(7-19-16)17(24)25)11-15-5-14(18)10-23(15)9-12-6-20-22(2)8-12/h3-4,6-8,14-15H,5,9-11H2,1-2H3,(H,24,25)/t14-,15-/m0/s1. The summed E-state index contributed by atoms with van der Waals surface area (Å²) in [6.45, 7) is 1.71. The van der Waals surface area contributed by atoms with E-state index in [4.69, 9.17) is 5.11 Å². The van der Waals surface area contributed by atoms with Crippen molar-refractivity contribution in [3.05, 3.63) is 41.9 Å². The fourth-order valence-electron chi connectivity index (χ4n) is 3.24. The smallest absolute Gasteiger partial charge is 0.337 e. The van der Waals surface area contributed by atoms with E-state index in [-0.39, 0.29) is 11.6 Å². The van der Waals surface area contributed by atoms with Crippen LogP contribution in [0.1, 0.15) is 22.3 Å². The third-order valence-electron chi connectivity index (χ3n) is 4.49. The number of anilines is 1. The number of nitrogens with zero attached hydrogens (tertiary/aromatic N) is 5. The number of alkyl halides is 1. The summed E-state index contributed by atoms with van der Waals surface area (Å²) in [5, 5.41) is 13.1. The summed E-state index contributed by atoms with van der Waals surface area (Å²) in [7, 11) is 3.75. The molecule has 2 aromatic heterocycles. The summed E-state index contributed by atoms with van der Waals surface area (Å²) < 4.78 is 15.7. The summed E-state index contributed by atoms with van der Waals surface area (Å²) in [6.07, 6.45) is 4.74. The van der Waals surface area contributed by atoms with E-state index in [9.17, 15) is 9.18 Å². The first-order chi connectivity index (χ1) is 11.9. The van der Waals surface area contributed by atoms with Gasteiger partial charge in [0, 0.05) is 57.7 Å². The normalized spacial score (nSPS) is 20.8. The highest BCUT2D eigenvalue weighted by Gasteiger charge is 2.33. The lowest BCUT2D eigenvalue weighted by Crippen LogP contribution is -2.38. The number of carboxylic acid groups (broad SMARTS) is 1. The Morgan fingerprint density at radius 3 is 2.84 bits per heavy atom. The van der Waals surface area contributed by atoms with Crippen LogP contribution in [0.3, 0.4) is 0 Å². The van der Waals surface area contributed by atoms with Crippen LogP contribution < -0.4 is 4.90 Å². The minimum atomic E-state index is -1.000. The van der Waals surface area contributed by atoms with Gasteiger partial charge in [-0.1, -0.05) is 0 Å². The van der Waals surface area contributed by atoms with Crippen LogP contribution in [0.15, 0.2) is 30.7 Å². The first-order valence-electron chi connectivity index (χ1n) is 8.18. The number of aromatic carboxylic acids is 1. The number of pyridine rings is 1. The first-order valence-corrected chi connectivity index (χ1v) is 8.18. The maximum Gasteiger partial charge on any atom is 0.337 e. The van der Waals surface area contributed by atoms with Crippen molar-refractivity contribution in [2.45, 2.75) is 25.2 Å². The second-order valence-electron chi connectivity index (χ2n) is 6.53. The van der Waals surface area contributed by atoms with Gasteiger partial charge in [-0.2, -0.15) is 5.10 Å². The second-order valence-corrected chi connectivity index (χ2v) is 6.53. The molecule has 1 aliphatic heterocycles. The van der Waals surface area contributed by atoms with Gasteiger partial charge in [0.25, 0.3) is 0 Å². The zero-order chi connectivity index (χ0) is 18.0. The topological polar surface area (TPSA) is 74.5 Å². The number of aromatic nitrogens is 3. The van der Waals surface area contributed by atoms with E-state index in [2.05, 4.69) is 15.0 Å². The van der Waals surface area contributed by atoms with E-state index >= 15 is 0 Å². The highest BCUT2D eigenvalue weighted by molar-refractivity contribution is 5.87. The molecule has 1 N–H and O–H groups in total. The Morgan fingerprint density at radius 1 is 1.44 bits per heavy atom. The summed E-state index contributed by atoms with van der Waals surface area (Å²) in [6, 6.07) is 3.28. The molecule has 0 bridgehead atoms. The van der Waals surface area contributed by atoms with Crippen molar-refractivity contribution >= 4 is 11.8 Å². The van der Waals surface area contributed by atoms with Gasteiger partial charge in [0.2, 0.25) is 0 Å². The molecule has 1 fully saturated rings. The molecule has 0 aromatic carbocycles. The van der Waals surface area contributed by atoms with Crippen molar-refractivity contribution in [2.24, 2.45) is 7.05 Å². The average Bonchev–Trinajstić information content (AvgIpc) is 3.13. The molecule has 0 saturated carbocycles. The summed E-state index contributed by atoms with van der Waals surface area (Å²) in [5.74, 6) is -0.325. The minimum absolute atomic E-state index is 0.0705. The van der Waals surface area contributed by atoms with Gasteiger partial charge in [0.1, 0.15) is 12.0 Å². The van der Waals surface area contributed by atoms with Crippen molar-refractivity contribution < 1.29 is 14.3 Å². The molecule has 8 heteroatoms. The van der Waals surface area contributed by atoms with Gasteiger partial charge in [0.05, 0.1) is 11.8 Å². The lowest BCUT2D eigenvalue weighted by Gasteiger charge is -2.28. The van der Waals surface area contributed by atoms with E-state index in [1.807, 2.05) is 25.2 Å². The number of rotatable bonds is 6. The lowest BCUT2D eigenvalue weighted by atomic mass is 10.2. The highest BCUT2D eigenvalue weighted by Crippen LogP contribution is 2.24.